The lowest BCUT2D eigenvalue weighted by Gasteiger charge is -2.20. The summed E-state index contributed by atoms with van der Waals surface area (Å²) in [5.41, 5.74) is 5.65. The van der Waals surface area contributed by atoms with Crippen LogP contribution >= 0.6 is 0 Å². The van der Waals surface area contributed by atoms with Crippen LogP contribution in [0.4, 0.5) is 5.69 Å². The van der Waals surface area contributed by atoms with Crippen LogP contribution in [0.5, 0.6) is 11.5 Å². The molecule has 0 bridgehead atoms. The second-order valence-electron chi connectivity index (χ2n) is 4.67. The van der Waals surface area contributed by atoms with Crippen molar-refractivity contribution in [3.8, 4) is 11.5 Å². The van der Waals surface area contributed by atoms with Crippen LogP contribution in [0.15, 0.2) is 18.2 Å². The van der Waals surface area contributed by atoms with Crippen molar-refractivity contribution in [2.45, 2.75) is 25.4 Å². The lowest BCUT2D eigenvalue weighted by Crippen LogP contribution is -2.27. The first kappa shape index (κ1) is 13.6. The van der Waals surface area contributed by atoms with Gasteiger partial charge in [-0.2, -0.15) is 0 Å². The van der Waals surface area contributed by atoms with Crippen LogP contribution in [-0.4, -0.2) is 24.7 Å². The topological polar surface area (TPSA) is 87.6 Å². The molecule has 1 aromatic rings. The Morgan fingerprint density at radius 2 is 2.26 bits per heavy atom. The van der Waals surface area contributed by atoms with Crippen LogP contribution in [0.2, 0.25) is 0 Å². The highest BCUT2D eigenvalue weighted by Crippen LogP contribution is 2.36. The number of benzene rings is 1. The average Bonchev–Trinajstić information content (AvgIpc) is 2.85. The maximum Gasteiger partial charge on any atom is 0.311 e. The number of nitro benzene ring substituents is 1. The average molecular weight is 266 g/mol. The van der Waals surface area contributed by atoms with E-state index in [9.17, 15) is 10.1 Å². The standard InChI is InChI=1S/C13H18N2O4/c1-18-10-5-6-11(15(16)17)13(7-10)19-12-4-2-3-9(12)8-14/h5-7,9,12H,2-4,8,14H2,1H3. The minimum absolute atomic E-state index is 0.0385. The highest BCUT2D eigenvalue weighted by atomic mass is 16.6. The zero-order valence-corrected chi connectivity index (χ0v) is 10.9. The Balaban J connectivity index is 2.24. The maximum absolute atomic E-state index is 11.0. The second kappa shape index (κ2) is 5.88. The van der Waals surface area contributed by atoms with Crippen LogP contribution in [0, 0.1) is 16.0 Å². The van der Waals surface area contributed by atoms with E-state index >= 15 is 0 Å². The van der Waals surface area contributed by atoms with E-state index in [4.69, 9.17) is 15.2 Å². The predicted octanol–water partition coefficient (Wildman–Crippen LogP) is 2.11. The monoisotopic (exact) mass is 266 g/mol. The Hall–Kier alpha value is -1.82. The van der Waals surface area contributed by atoms with Gasteiger partial charge < -0.3 is 15.2 Å². The Bertz CT molecular complexity index is 464. The third-order valence-electron chi connectivity index (χ3n) is 3.53. The fraction of sp³-hybridized carbons (Fsp3) is 0.538. The summed E-state index contributed by atoms with van der Waals surface area (Å²) in [6.07, 6.45) is 2.90. The number of nitrogens with zero attached hydrogens (tertiary/aromatic N) is 1. The first-order valence-corrected chi connectivity index (χ1v) is 6.35. The van der Waals surface area contributed by atoms with E-state index in [1.165, 1.54) is 13.2 Å². The molecule has 1 aliphatic carbocycles. The molecule has 0 aliphatic heterocycles. The molecule has 104 valence electrons. The first-order valence-electron chi connectivity index (χ1n) is 6.35. The molecule has 2 rings (SSSR count). The van der Waals surface area contributed by atoms with Gasteiger partial charge in [-0.05, 0) is 31.9 Å². The van der Waals surface area contributed by atoms with Crippen molar-refractivity contribution in [1.82, 2.24) is 0 Å². The number of hydrogen-bond donors (Lipinski definition) is 1. The lowest BCUT2D eigenvalue weighted by atomic mass is 10.1. The van der Waals surface area contributed by atoms with Gasteiger partial charge in [0.05, 0.1) is 12.0 Å². The van der Waals surface area contributed by atoms with Crippen LogP contribution in [0.25, 0.3) is 0 Å². The number of nitro groups is 1. The van der Waals surface area contributed by atoms with Gasteiger partial charge in [0.2, 0.25) is 5.75 Å². The van der Waals surface area contributed by atoms with Gasteiger partial charge in [0.1, 0.15) is 11.9 Å². The number of ether oxygens (including phenoxy) is 2. The molecule has 2 unspecified atom stereocenters. The van der Waals surface area contributed by atoms with Gasteiger partial charge in [-0.1, -0.05) is 0 Å². The summed E-state index contributed by atoms with van der Waals surface area (Å²) in [4.78, 5) is 10.6. The molecule has 6 heteroatoms. The van der Waals surface area contributed by atoms with Gasteiger partial charge >= 0.3 is 5.69 Å². The molecule has 0 spiro atoms. The quantitative estimate of drug-likeness (QED) is 0.651. The smallest absolute Gasteiger partial charge is 0.311 e. The molecule has 1 aliphatic rings. The molecule has 1 saturated carbocycles. The molecule has 0 amide bonds. The fourth-order valence-electron chi connectivity index (χ4n) is 2.46. The first-order chi connectivity index (χ1) is 9.15. The molecule has 1 fully saturated rings. The van der Waals surface area contributed by atoms with Crippen LogP contribution < -0.4 is 15.2 Å². The Labute approximate surface area is 111 Å². The van der Waals surface area contributed by atoms with E-state index in [0.29, 0.717) is 12.3 Å². The van der Waals surface area contributed by atoms with E-state index in [-0.39, 0.29) is 23.5 Å². The summed E-state index contributed by atoms with van der Waals surface area (Å²) >= 11 is 0. The van der Waals surface area contributed by atoms with E-state index in [1.54, 1.807) is 12.1 Å². The third-order valence-corrected chi connectivity index (χ3v) is 3.53. The van der Waals surface area contributed by atoms with Crippen LogP contribution in [-0.2, 0) is 0 Å². The zero-order chi connectivity index (χ0) is 13.8. The van der Waals surface area contributed by atoms with Gasteiger partial charge in [-0.15, -0.1) is 0 Å². The van der Waals surface area contributed by atoms with Crippen molar-refractivity contribution >= 4 is 5.69 Å². The van der Waals surface area contributed by atoms with Gasteiger partial charge in [-0.3, -0.25) is 10.1 Å². The number of nitrogens with two attached hydrogens (primary N) is 1. The van der Waals surface area contributed by atoms with Crippen molar-refractivity contribution in [3.05, 3.63) is 28.3 Å². The van der Waals surface area contributed by atoms with Crippen molar-refractivity contribution < 1.29 is 14.4 Å². The molecule has 1 aromatic carbocycles. The van der Waals surface area contributed by atoms with E-state index < -0.39 is 4.92 Å². The van der Waals surface area contributed by atoms with Crippen LogP contribution in [0.1, 0.15) is 19.3 Å². The summed E-state index contributed by atoms with van der Waals surface area (Å²) in [5.74, 6) is 1.07. The summed E-state index contributed by atoms with van der Waals surface area (Å²) in [7, 11) is 1.52. The molecular weight excluding hydrogens is 248 g/mol. The molecule has 19 heavy (non-hydrogen) atoms. The molecular formula is C13H18N2O4. The summed E-state index contributed by atoms with van der Waals surface area (Å²) in [6.45, 7) is 0.544. The summed E-state index contributed by atoms with van der Waals surface area (Å²) < 4.78 is 10.9. The number of methoxy groups -OCH3 is 1. The Morgan fingerprint density at radius 3 is 2.89 bits per heavy atom. The second-order valence-corrected chi connectivity index (χ2v) is 4.67. The van der Waals surface area contributed by atoms with Gasteiger partial charge in [0.15, 0.2) is 0 Å². The molecule has 0 saturated heterocycles. The molecule has 6 nitrogen and oxygen atoms in total. The molecule has 0 radical (unpaired) electrons. The normalized spacial score (nSPS) is 22.2. The third kappa shape index (κ3) is 2.96. The predicted molar refractivity (Wildman–Crippen MR) is 70.5 cm³/mol. The molecule has 2 N–H and O–H groups in total. The summed E-state index contributed by atoms with van der Waals surface area (Å²) in [6, 6.07) is 4.52. The Morgan fingerprint density at radius 1 is 1.47 bits per heavy atom. The van der Waals surface area contributed by atoms with Gasteiger partial charge in [0, 0.05) is 18.1 Å². The Kier molecular flexibility index (Phi) is 4.21. The zero-order valence-electron chi connectivity index (χ0n) is 10.9. The SMILES string of the molecule is COc1ccc([N+](=O)[O-])c(OC2CCCC2CN)c1. The van der Waals surface area contributed by atoms with Crippen LogP contribution in [0.3, 0.4) is 0 Å². The highest BCUT2D eigenvalue weighted by Gasteiger charge is 2.30. The summed E-state index contributed by atoms with van der Waals surface area (Å²) in [5, 5.41) is 11.0. The fourth-order valence-corrected chi connectivity index (χ4v) is 2.46. The van der Waals surface area contributed by atoms with Crippen molar-refractivity contribution in [3.63, 3.8) is 0 Å². The van der Waals surface area contributed by atoms with Gasteiger partial charge in [0.25, 0.3) is 0 Å². The van der Waals surface area contributed by atoms with E-state index in [1.807, 2.05) is 0 Å². The van der Waals surface area contributed by atoms with E-state index in [2.05, 4.69) is 0 Å². The number of rotatable bonds is 5. The van der Waals surface area contributed by atoms with Gasteiger partial charge in [-0.25, -0.2) is 0 Å². The minimum Gasteiger partial charge on any atom is -0.497 e. The minimum atomic E-state index is -0.443. The number of hydrogen-bond acceptors (Lipinski definition) is 5. The maximum atomic E-state index is 11.0. The molecule has 0 heterocycles. The van der Waals surface area contributed by atoms with Crippen molar-refractivity contribution in [1.29, 1.82) is 0 Å². The highest BCUT2D eigenvalue weighted by molar-refractivity contribution is 5.50. The largest absolute Gasteiger partial charge is 0.497 e. The van der Waals surface area contributed by atoms with E-state index in [0.717, 1.165) is 19.3 Å². The lowest BCUT2D eigenvalue weighted by molar-refractivity contribution is -0.386. The van der Waals surface area contributed by atoms with Crippen molar-refractivity contribution in [2.75, 3.05) is 13.7 Å². The molecule has 2 atom stereocenters. The van der Waals surface area contributed by atoms with Crippen molar-refractivity contribution in [2.24, 2.45) is 11.7 Å². The molecule has 0 aromatic heterocycles.